The number of hydrogen-bond donors (Lipinski definition) is 0. The highest BCUT2D eigenvalue weighted by Gasteiger charge is 2.28. The monoisotopic (exact) mass is 456 g/mol. The Morgan fingerprint density at radius 3 is 2.03 bits per heavy atom. The second-order valence-electron chi connectivity index (χ2n) is 7.65. The largest absolute Gasteiger partial charge is 0.342 e. The third-order valence-electron chi connectivity index (χ3n) is 5.54. The summed E-state index contributed by atoms with van der Waals surface area (Å²) in [6.45, 7) is 5.37. The molecule has 168 valence electrons. The molecule has 0 bridgehead atoms. The number of rotatable bonds is 9. The van der Waals surface area contributed by atoms with Crippen LogP contribution in [-0.4, -0.2) is 38.7 Å². The predicted molar refractivity (Wildman–Crippen MR) is 134 cm³/mol. The minimum Gasteiger partial charge on any atom is -0.342 e. The van der Waals surface area contributed by atoms with Crippen molar-refractivity contribution in [3.05, 3.63) is 108 Å². The Balaban J connectivity index is 1.75. The number of aromatic nitrogens is 3. The quantitative estimate of drug-likeness (QED) is 0.310. The molecule has 1 unspecified atom stereocenters. The van der Waals surface area contributed by atoms with E-state index in [-0.39, 0.29) is 5.91 Å². The van der Waals surface area contributed by atoms with Crippen LogP contribution in [0, 0.1) is 0 Å². The zero-order chi connectivity index (χ0) is 23.0. The highest BCUT2D eigenvalue weighted by Crippen LogP contribution is 2.37. The topological polar surface area (TPSA) is 51.0 Å². The highest BCUT2D eigenvalue weighted by molar-refractivity contribution is 8.00. The van der Waals surface area contributed by atoms with Gasteiger partial charge >= 0.3 is 0 Å². The summed E-state index contributed by atoms with van der Waals surface area (Å²) in [6, 6.07) is 30.3. The summed E-state index contributed by atoms with van der Waals surface area (Å²) in [5, 5.41) is 9.41. The first kappa shape index (κ1) is 22.8. The van der Waals surface area contributed by atoms with Crippen LogP contribution in [0.4, 0.5) is 0 Å². The van der Waals surface area contributed by atoms with Gasteiger partial charge in [-0.05, 0) is 37.1 Å². The smallest absolute Gasteiger partial charge is 0.240 e. The molecule has 0 radical (unpaired) electrons. The molecule has 5 nitrogen and oxygen atoms in total. The van der Waals surface area contributed by atoms with E-state index in [1.54, 1.807) is 0 Å². The number of hydrogen-bond acceptors (Lipinski definition) is 4. The molecule has 0 aliphatic heterocycles. The SMILES string of the molecule is CCN(CC)C(=O)C(Sc1nnc(Cc2ccccc2)n1-c1ccccc1)c1ccccc1. The van der Waals surface area contributed by atoms with Gasteiger partial charge in [-0.25, -0.2) is 0 Å². The molecule has 4 rings (SSSR count). The average molecular weight is 457 g/mol. The van der Waals surface area contributed by atoms with Crippen molar-refractivity contribution in [3.8, 4) is 5.69 Å². The molecule has 0 N–H and O–H groups in total. The second-order valence-corrected chi connectivity index (χ2v) is 8.72. The van der Waals surface area contributed by atoms with Gasteiger partial charge in [-0.3, -0.25) is 9.36 Å². The maximum atomic E-state index is 13.5. The highest BCUT2D eigenvalue weighted by atomic mass is 32.2. The van der Waals surface area contributed by atoms with Crippen molar-refractivity contribution in [1.82, 2.24) is 19.7 Å². The standard InChI is InChI=1S/C27H28N4OS/c1-3-30(4-2)26(32)25(22-16-10-6-11-17-22)33-27-29-28-24(20-21-14-8-5-9-15-21)31(27)23-18-12-7-13-19-23/h5-19,25H,3-4,20H2,1-2H3. The molecule has 3 aromatic carbocycles. The summed E-state index contributed by atoms with van der Waals surface area (Å²) in [7, 11) is 0. The van der Waals surface area contributed by atoms with Crippen LogP contribution in [0.5, 0.6) is 0 Å². The summed E-state index contributed by atoms with van der Waals surface area (Å²) >= 11 is 1.46. The molecule has 1 amide bonds. The lowest BCUT2D eigenvalue weighted by Gasteiger charge is -2.25. The first-order chi connectivity index (χ1) is 16.2. The Kier molecular flexibility index (Phi) is 7.58. The molecule has 0 aliphatic carbocycles. The van der Waals surface area contributed by atoms with Crippen molar-refractivity contribution >= 4 is 17.7 Å². The van der Waals surface area contributed by atoms with E-state index in [4.69, 9.17) is 0 Å². The Labute approximate surface area is 199 Å². The van der Waals surface area contributed by atoms with Gasteiger partial charge in [0, 0.05) is 25.2 Å². The fourth-order valence-corrected chi connectivity index (χ4v) is 4.96. The summed E-state index contributed by atoms with van der Waals surface area (Å²) in [5.74, 6) is 0.931. The first-order valence-corrected chi connectivity index (χ1v) is 12.1. The van der Waals surface area contributed by atoms with Gasteiger partial charge in [0.1, 0.15) is 11.1 Å². The molecular weight excluding hydrogens is 428 g/mol. The predicted octanol–water partition coefficient (Wildman–Crippen LogP) is 5.56. The Morgan fingerprint density at radius 2 is 1.42 bits per heavy atom. The molecule has 33 heavy (non-hydrogen) atoms. The van der Waals surface area contributed by atoms with E-state index in [9.17, 15) is 4.79 Å². The van der Waals surface area contributed by atoms with E-state index < -0.39 is 5.25 Å². The van der Waals surface area contributed by atoms with Crippen molar-refractivity contribution in [3.63, 3.8) is 0 Å². The lowest BCUT2D eigenvalue weighted by molar-refractivity contribution is -0.130. The molecule has 1 aromatic heterocycles. The van der Waals surface area contributed by atoms with Crippen molar-refractivity contribution in [1.29, 1.82) is 0 Å². The summed E-state index contributed by atoms with van der Waals surface area (Å²) in [5.41, 5.74) is 3.11. The molecule has 1 atom stereocenters. The number of para-hydroxylation sites is 1. The van der Waals surface area contributed by atoms with Crippen LogP contribution in [-0.2, 0) is 11.2 Å². The zero-order valence-corrected chi connectivity index (χ0v) is 19.8. The van der Waals surface area contributed by atoms with Crippen LogP contribution in [0.25, 0.3) is 5.69 Å². The second kappa shape index (κ2) is 11.0. The van der Waals surface area contributed by atoms with Crippen molar-refractivity contribution in [2.45, 2.75) is 30.7 Å². The maximum absolute atomic E-state index is 13.5. The summed E-state index contributed by atoms with van der Waals surface area (Å²) in [4.78, 5) is 15.4. The Bertz CT molecular complexity index is 1160. The summed E-state index contributed by atoms with van der Waals surface area (Å²) < 4.78 is 2.07. The zero-order valence-electron chi connectivity index (χ0n) is 19.0. The van der Waals surface area contributed by atoms with Crippen molar-refractivity contribution in [2.75, 3.05) is 13.1 Å². The lowest BCUT2D eigenvalue weighted by atomic mass is 10.1. The number of thioether (sulfide) groups is 1. The Hall–Kier alpha value is -3.38. The van der Waals surface area contributed by atoms with E-state index in [1.807, 2.05) is 97.6 Å². The minimum absolute atomic E-state index is 0.0865. The number of benzene rings is 3. The van der Waals surface area contributed by atoms with E-state index >= 15 is 0 Å². The van der Waals surface area contributed by atoms with E-state index in [0.29, 0.717) is 24.7 Å². The molecule has 6 heteroatoms. The van der Waals surface area contributed by atoms with E-state index in [2.05, 4.69) is 26.9 Å². The fourth-order valence-electron chi connectivity index (χ4n) is 3.80. The van der Waals surface area contributed by atoms with Gasteiger partial charge in [-0.15, -0.1) is 10.2 Å². The van der Waals surface area contributed by atoms with Gasteiger partial charge in [0.2, 0.25) is 5.91 Å². The third-order valence-corrected chi connectivity index (χ3v) is 6.73. The number of likely N-dealkylation sites (N-methyl/N-ethyl adjacent to an activating group) is 1. The van der Waals surface area contributed by atoms with Crippen LogP contribution >= 0.6 is 11.8 Å². The van der Waals surface area contributed by atoms with Gasteiger partial charge in [0.05, 0.1) is 0 Å². The van der Waals surface area contributed by atoms with Gasteiger partial charge in [-0.1, -0.05) is 90.6 Å². The van der Waals surface area contributed by atoms with Gasteiger partial charge < -0.3 is 4.90 Å². The van der Waals surface area contributed by atoms with E-state index in [1.165, 1.54) is 11.8 Å². The average Bonchev–Trinajstić information content (AvgIpc) is 3.26. The molecule has 0 fully saturated rings. The van der Waals surface area contributed by atoms with Crippen molar-refractivity contribution < 1.29 is 4.79 Å². The van der Waals surface area contributed by atoms with E-state index in [0.717, 1.165) is 22.6 Å². The number of carbonyl (C=O) groups is 1. The maximum Gasteiger partial charge on any atom is 0.240 e. The molecule has 1 heterocycles. The molecule has 0 aliphatic rings. The molecule has 0 saturated carbocycles. The first-order valence-electron chi connectivity index (χ1n) is 11.2. The minimum atomic E-state index is -0.401. The van der Waals surface area contributed by atoms with Crippen LogP contribution < -0.4 is 0 Å². The molecular formula is C27H28N4OS. The fraction of sp³-hybridized carbons (Fsp3) is 0.222. The number of carbonyl (C=O) groups excluding carboxylic acids is 1. The van der Waals surface area contributed by atoms with Crippen molar-refractivity contribution in [2.24, 2.45) is 0 Å². The van der Waals surface area contributed by atoms with Gasteiger partial charge in [0.25, 0.3) is 0 Å². The molecule has 4 aromatic rings. The lowest BCUT2D eigenvalue weighted by Crippen LogP contribution is -2.34. The number of amides is 1. The third kappa shape index (κ3) is 5.34. The molecule has 0 spiro atoms. The summed E-state index contributed by atoms with van der Waals surface area (Å²) in [6.07, 6.45) is 0.656. The van der Waals surface area contributed by atoms with Gasteiger partial charge in [-0.2, -0.15) is 0 Å². The van der Waals surface area contributed by atoms with Crippen LogP contribution in [0.1, 0.15) is 36.0 Å². The van der Waals surface area contributed by atoms with Crippen LogP contribution in [0.3, 0.4) is 0 Å². The molecule has 0 saturated heterocycles. The normalized spacial score (nSPS) is 11.8. The van der Waals surface area contributed by atoms with Crippen LogP contribution in [0.2, 0.25) is 0 Å². The van der Waals surface area contributed by atoms with Crippen LogP contribution in [0.15, 0.2) is 96.2 Å². The number of nitrogens with zero attached hydrogens (tertiary/aromatic N) is 4. The Morgan fingerprint density at radius 1 is 0.848 bits per heavy atom. The van der Waals surface area contributed by atoms with Gasteiger partial charge in [0.15, 0.2) is 5.16 Å².